The third-order valence-corrected chi connectivity index (χ3v) is 3.76. The summed E-state index contributed by atoms with van der Waals surface area (Å²) in [6.45, 7) is 7.30. The van der Waals surface area contributed by atoms with Crippen molar-refractivity contribution in [2.75, 3.05) is 35.2 Å². The lowest BCUT2D eigenvalue weighted by atomic mass is 10.0. The van der Waals surface area contributed by atoms with Gasteiger partial charge in [-0.2, -0.15) is 0 Å². The Morgan fingerprint density at radius 3 is 2.61 bits per heavy atom. The van der Waals surface area contributed by atoms with Crippen molar-refractivity contribution in [3.8, 4) is 5.75 Å². The van der Waals surface area contributed by atoms with E-state index in [1.165, 1.54) is 12.8 Å². The van der Waals surface area contributed by atoms with E-state index < -0.39 is 0 Å². The number of hydrogen-bond acceptors (Lipinski definition) is 4. The number of phenols is 1. The van der Waals surface area contributed by atoms with Crippen molar-refractivity contribution < 1.29 is 5.11 Å². The van der Waals surface area contributed by atoms with Gasteiger partial charge in [-0.15, -0.1) is 0 Å². The number of nitrogens with zero attached hydrogens (tertiary/aromatic N) is 1. The van der Waals surface area contributed by atoms with Gasteiger partial charge < -0.3 is 20.6 Å². The van der Waals surface area contributed by atoms with E-state index in [-0.39, 0.29) is 5.54 Å². The summed E-state index contributed by atoms with van der Waals surface area (Å²) in [4.78, 5) is 2.26. The van der Waals surface area contributed by atoms with E-state index in [4.69, 9.17) is 0 Å². The molecule has 0 unspecified atom stereocenters. The van der Waals surface area contributed by atoms with Crippen LogP contribution in [0.3, 0.4) is 0 Å². The second-order valence-electron chi connectivity index (χ2n) is 5.94. The largest absolute Gasteiger partial charge is 0.506 e. The maximum atomic E-state index is 10.1. The molecule has 3 rings (SSSR count). The van der Waals surface area contributed by atoms with Crippen LogP contribution in [0.1, 0.15) is 26.7 Å². The first kappa shape index (κ1) is 11.5. The summed E-state index contributed by atoms with van der Waals surface area (Å²) in [5.41, 5.74) is 3.09. The number of nitrogens with one attached hydrogen (secondary N) is 2. The standard InChI is InChI=1S/C14H21N3O/c1-14(2)9-15-10-8-13(18)12(7-11(10)16-14)17-5-3-4-6-17/h7-8,15-16,18H,3-6,9H2,1-2H3. The second kappa shape index (κ2) is 3.97. The Kier molecular flexibility index (Phi) is 2.54. The average Bonchev–Trinajstić information content (AvgIpc) is 2.81. The molecule has 0 bridgehead atoms. The third kappa shape index (κ3) is 1.96. The van der Waals surface area contributed by atoms with Gasteiger partial charge in [0.1, 0.15) is 5.75 Å². The number of phenolic OH excluding ortho intramolecular Hbond substituents is 1. The topological polar surface area (TPSA) is 47.5 Å². The van der Waals surface area contributed by atoms with Crippen molar-refractivity contribution in [3.05, 3.63) is 12.1 Å². The van der Waals surface area contributed by atoms with Crippen LogP contribution in [0.2, 0.25) is 0 Å². The minimum absolute atomic E-state index is 0.0479. The van der Waals surface area contributed by atoms with Crippen LogP contribution in [0.5, 0.6) is 5.75 Å². The lowest BCUT2D eigenvalue weighted by Gasteiger charge is -2.35. The Hall–Kier alpha value is -1.58. The molecule has 0 aliphatic carbocycles. The summed E-state index contributed by atoms with van der Waals surface area (Å²) in [6, 6.07) is 3.91. The molecule has 3 N–H and O–H groups in total. The van der Waals surface area contributed by atoms with Crippen LogP contribution >= 0.6 is 0 Å². The third-order valence-electron chi connectivity index (χ3n) is 3.76. The monoisotopic (exact) mass is 247 g/mol. The Bertz CT molecular complexity index is 464. The van der Waals surface area contributed by atoms with Crippen LogP contribution in [-0.4, -0.2) is 30.3 Å². The summed E-state index contributed by atoms with van der Waals surface area (Å²) >= 11 is 0. The molecule has 2 aliphatic heterocycles. The highest BCUT2D eigenvalue weighted by atomic mass is 16.3. The van der Waals surface area contributed by atoms with Crippen molar-refractivity contribution in [2.24, 2.45) is 0 Å². The first-order valence-corrected chi connectivity index (χ1v) is 6.69. The Labute approximate surface area is 108 Å². The first-order chi connectivity index (χ1) is 8.55. The molecule has 2 heterocycles. The fourth-order valence-corrected chi connectivity index (χ4v) is 2.76. The molecule has 0 atom stereocenters. The highest BCUT2D eigenvalue weighted by Crippen LogP contribution is 2.40. The lowest BCUT2D eigenvalue weighted by molar-refractivity contribution is 0.474. The maximum absolute atomic E-state index is 10.1. The highest BCUT2D eigenvalue weighted by Gasteiger charge is 2.26. The predicted octanol–water partition coefficient (Wildman–Crippen LogP) is 2.61. The molecular weight excluding hydrogens is 226 g/mol. The summed E-state index contributed by atoms with van der Waals surface area (Å²) < 4.78 is 0. The van der Waals surface area contributed by atoms with Crippen LogP contribution in [0.25, 0.3) is 0 Å². The quantitative estimate of drug-likeness (QED) is 0.668. The van der Waals surface area contributed by atoms with E-state index in [1.54, 1.807) is 0 Å². The van der Waals surface area contributed by atoms with Crippen molar-refractivity contribution in [2.45, 2.75) is 32.2 Å². The summed E-state index contributed by atoms with van der Waals surface area (Å²) in [5, 5.41) is 17.0. The Balaban J connectivity index is 1.97. The van der Waals surface area contributed by atoms with Gasteiger partial charge in [-0.25, -0.2) is 0 Å². The zero-order valence-electron chi connectivity index (χ0n) is 11.1. The predicted molar refractivity (Wildman–Crippen MR) is 75.7 cm³/mol. The van der Waals surface area contributed by atoms with Crippen molar-refractivity contribution in [3.63, 3.8) is 0 Å². The van der Waals surface area contributed by atoms with Gasteiger partial charge in [-0.05, 0) is 32.8 Å². The summed E-state index contributed by atoms with van der Waals surface area (Å²) in [5.74, 6) is 0.379. The zero-order valence-corrected chi connectivity index (χ0v) is 11.1. The van der Waals surface area contributed by atoms with Crippen LogP contribution in [0, 0.1) is 0 Å². The number of aromatic hydroxyl groups is 1. The number of hydrogen-bond donors (Lipinski definition) is 3. The van der Waals surface area contributed by atoms with Crippen LogP contribution in [-0.2, 0) is 0 Å². The number of fused-ring (bicyclic) bond motifs is 1. The van der Waals surface area contributed by atoms with Gasteiger partial charge in [0.25, 0.3) is 0 Å². The van der Waals surface area contributed by atoms with E-state index in [1.807, 2.05) is 6.07 Å². The minimum atomic E-state index is 0.0479. The van der Waals surface area contributed by atoms with Gasteiger partial charge in [0.15, 0.2) is 0 Å². The molecule has 98 valence electrons. The molecule has 1 saturated heterocycles. The van der Waals surface area contributed by atoms with Crippen molar-refractivity contribution >= 4 is 17.1 Å². The molecular formula is C14H21N3O. The molecule has 0 amide bonds. The molecule has 2 aliphatic rings. The van der Waals surface area contributed by atoms with Crippen molar-refractivity contribution in [1.82, 2.24) is 0 Å². The van der Waals surface area contributed by atoms with Crippen LogP contribution in [0.15, 0.2) is 12.1 Å². The van der Waals surface area contributed by atoms with E-state index in [0.717, 1.165) is 36.7 Å². The highest BCUT2D eigenvalue weighted by molar-refractivity contribution is 5.80. The molecule has 1 aromatic carbocycles. The van der Waals surface area contributed by atoms with Gasteiger partial charge >= 0.3 is 0 Å². The molecule has 4 nitrogen and oxygen atoms in total. The fourth-order valence-electron chi connectivity index (χ4n) is 2.76. The van der Waals surface area contributed by atoms with E-state index >= 15 is 0 Å². The molecule has 0 radical (unpaired) electrons. The number of anilines is 3. The van der Waals surface area contributed by atoms with Gasteiger partial charge in [-0.3, -0.25) is 0 Å². The van der Waals surface area contributed by atoms with E-state index in [9.17, 15) is 5.11 Å². The molecule has 1 aromatic rings. The van der Waals surface area contributed by atoms with Crippen molar-refractivity contribution in [1.29, 1.82) is 0 Å². The van der Waals surface area contributed by atoms with Gasteiger partial charge in [0.05, 0.1) is 17.1 Å². The van der Waals surface area contributed by atoms with Crippen LogP contribution in [0.4, 0.5) is 17.1 Å². The van der Waals surface area contributed by atoms with E-state index in [0.29, 0.717) is 5.75 Å². The fraction of sp³-hybridized carbons (Fsp3) is 0.571. The van der Waals surface area contributed by atoms with Gasteiger partial charge in [0, 0.05) is 31.2 Å². The average molecular weight is 247 g/mol. The Morgan fingerprint density at radius 2 is 1.89 bits per heavy atom. The number of rotatable bonds is 1. The van der Waals surface area contributed by atoms with E-state index in [2.05, 4.69) is 35.4 Å². The SMILES string of the molecule is CC1(C)CNc2cc(O)c(N3CCCC3)cc2N1. The summed E-state index contributed by atoms with van der Waals surface area (Å²) in [6.07, 6.45) is 2.43. The number of benzene rings is 1. The zero-order chi connectivity index (χ0) is 12.8. The second-order valence-corrected chi connectivity index (χ2v) is 5.94. The molecule has 0 spiro atoms. The van der Waals surface area contributed by atoms with Gasteiger partial charge in [0.2, 0.25) is 0 Å². The lowest BCUT2D eigenvalue weighted by Crippen LogP contribution is -2.42. The molecule has 4 heteroatoms. The molecule has 0 saturated carbocycles. The molecule has 0 aromatic heterocycles. The normalized spacial score (nSPS) is 21.1. The smallest absolute Gasteiger partial charge is 0.141 e. The maximum Gasteiger partial charge on any atom is 0.141 e. The molecule has 18 heavy (non-hydrogen) atoms. The first-order valence-electron chi connectivity index (χ1n) is 6.69. The molecule has 1 fully saturated rings. The Morgan fingerprint density at radius 1 is 1.17 bits per heavy atom. The summed E-state index contributed by atoms with van der Waals surface area (Å²) in [7, 11) is 0. The minimum Gasteiger partial charge on any atom is -0.506 e. The van der Waals surface area contributed by atoms with Crippen LogP contribution < -0.4 is 15.5 Å². The van der Waals surface area contributed by atoms with Gasteiger partial charge in [-0.1, -0.05) is 0 Å².